The number of benzene rings is 1. The predicted molar refractivity (Wildman–Crippen MR) is 120 cm³/mol. The number of carbonyl (C=O) groups excluding carboxylic acids is 1. The van der Waals surface area contributed by atoms with E-state index >= 15 is 0 Å². The van der Waals surface area contributed by atoms with Gasteiger partial charge in [-0.15, -0.1) is 0 Å². The van der Waals surface area contributed by atoms with E-state index in [9.17, 15) is 4.79 Å². The van der Waals surface area contributed by atoms with Crippen LogP contribution in [0.1, 0.15) is 42.6 Å². The van der Waals surface area contributed by atoms with Crippen LogP contribution >= 0.6 is 0 Å². The summed E-state index contributed by atoms with van der Waals surface area (Å²) in [7, 11) is 2.04. The Kier molecular flexibility index (Phi) is 5.99. The van der Waals surface area contributed by atoms with E-state index in [1.807, 2.05) is 19.4 Å². The zero-order chi connectivity index (χ0) is 21.2. The van der Waals surface area contributed by atoms with Crippen LogP contribution in [-0.4, -0.2) is 58.0 Å². The third kappa shape index (κ3) is 4.64. The van der Waals surface area contributed by atoms with Gasteiger partial charge in [-0.25, -0.2) is 4.98 Å². The van der Waals surface area contributed by atoms with Gasteiger partial charge in [0.15, 0.2) is 0 Å². The number of nitrogens with zero attached hydrogens (tertiary/aromatic N) is 4. The van der Waals surface area contributed by atoms with Crippen LogP contribution in [0.5, 0.6) is 5.75 Å². The minimum absolute atomic E-state index is 0.0562. The van der Waals surface area contributed by atoms with Crippen molar-refractivity contribution in [3.63, 3.8) is 0 Å². The number of amides is 1. The maximum absolute atomic E-state index is 13.2. The number of hydrogen-bond donors (Lipinski definition) is 0. The van der Waals surface area contributed by atoms with Crippen molar-refractivity contribution in [3.8, 4) is 5.75 Å². The molecule has 0 N–H and O–H groups in total. The Bertz CT molecular complexity index is 918. The topological polar surface area (TPSA) is 50.6 Å². The highest BCUT2D eigenvalue weighted by Gasteiger charge is 2.35. The van der Waals surface area contributed by atoms with Crippen LogP contribution in [0.25, 0.3) is 0 Å². The van der Waals surface area contributed by atoms with E-state index in [1.54, 1.807) is 0 Å². The van der Waals surface area contributed by atoms with Gasteiger partial charge >= 0.3 is 0 Å². The Hall–Kier alpha value is -2.34. The average Bonchev–Trinajstić information content (AvgIpc) is 3.54. The summed E-state index contributed by atoms with van der Waals surface area (Å²) in [5.41, 5.74) is 2.92. The maximum atomic E-state index is 13.2. The van der Waals surface area contributed by atoms with Gasteiger partial charge in [-0.2, -0.15) is 0 Å². The molecule has 2 aliphatic heterocycles. The third-order valence-electron chi connectivity index (χ3n) is 7.22. The normalized spacial score (nSPS) is 23.8. The summed E-state index contributed by atoms with van der Waals surface area (Å²) in [4.78, 5) is 22.2. The van der Waals surface area contributed by atoms with Gasteiger partial charge < -0.3 is 14.2 Å². The van der Waals surface area contributed by atoms with Crippen molar-refractivity contribution in [3.05, 3.63) is 47.5 Å². The fourth-order valence-corrected chi connectivity index (χ4v) is 5.53. The average molecular weight is 423 g/mol. The summed E-state index contributed by atoms with van der Waals surface area (Å²) in [5, 5.41) is 0. The maximum Gasteiger partial charge on any atom is 0.226 e. The number of ether oxygens (including phenoxy) is 1. The van der Waals surface area contributed by atoms with E-state index in [0.717, 1.165) is 63.6 Å². The van der Waals surface area contributed by atoms with Crippen molar-refractivity contribution in [2.45, 2.75) is 45.1 Å². The molecule has 2 saturated heterocycles. The Balaban J connectivity index is 1.26. The van der Waals surface area contributed by atoms with Crippen LogP contribution in [0.2, 0.25) is 0 Å². The first-order chi connectivity index (χ1) is 15.2. The zero-order valence-corrected chi connectivity index (χ0v) is 18.6. The first-order valence-electron chi connectivity index (χ1n) is 11.9. The van der Waals surface area contributed by atoms with E-state index in [4.69, 9.17) is 4.74 Å². The van der Waals surface area contributed by atoms with E-state index < -0.39 is 0 Å². The van der Waals surface area contributed by atoms with Gasteiger partial charge in [0, 0.05) is 51.5 Å². The lowest BCUT2D eigenvalue weighted by atomic mass is 9.88. The third-order valence-corrected chi connectivity index (χ3v) is 7.22. The summed E-state index contributed by atoms with van der Waals surface area (Å²) in [5.74, 6) is 2.76. The number of imidazole rings is 1. The van der Waals surface area contributed by atoms with Crippen molar-refractivity contribution in [1.82, 2.24) is 19.4 Å². The molecule has 0 bridgehead atoms. The first-order valence-corrected chi connectivity index (χ1v) is 11.9. The quantitative estimate of drug-likeness (QED) is 0.718. The predicted octanol–water partition coefficient (Wildman–Crippen LogP) is 3.05. The molecule has 6 nitrogen and oxygen atoms in total. The van der Waals surface area contributed by atoms with Crippen LogP contribution in [-0.2, 0) is 31.2 Å². The highest BCUT2D eigenvalue weighted by molar-refractivity contribution is 5.79. The smallest absolute Gasteiger partial charge is 0.226 e. The van der Waals surface area contributed by atoms with Crippen LogP contribution in [0.4, 0.5) is 0 Å². The Labute approximate surface area is 185 Å². The molecule has 0 unspecified atom stereocenters. The summed E-state index contributed by atoms with van der Waals surface area (Å²) >= 11 is 0. The Morgan fingerprint density at radius 1 is 1.13 bits per heavy atom. The van der Waals surface area contributed by atoms with Crippen molar-refractivity contribution >= 4 is 5.91 Å². The number of rotatable bonds is 6. The minimum Gasteiger partial charge on any atom is -0.493 e. The summed E-state index contributed by atoms with van der Waals surface area (Å²) < 4.78 is 8.33. The van der Waals surface area contributed by atoms with E-state index in [-0.39, 0.29) is 5.92 Å². The Morgan fingerprint density at radius 2 is 1.97 bits per heavy atom. The van der Waals surface area contributed by atoms with E-state index in [1.165, 1.54) is 30.4 Å². The Morgan fingerprint density at radius 3 is 2.77 bits per heavy atom. The number of aromatic nitrogens is 2. The second-order valence-corrected chi connectivity index (χ2v) is 9.57. The van der Waals surface area contributed by atoms with Gasteiger partial charge in [0.1, 0.15) is 11.6 Å². The molecule has 3 aliphatic rings. The van der Waals surface area contributed by atoms with Gasteiger partial charge in [0.2, 0.25) is 5.91 Å². The molecule has 1 aromatic carbocycles. The zero-order valence-electron chi connectivity index (χ0n) is 18.6. The lowest BCUT2D eigenvalue weighted by molar-refractivity contribution is -0.137. The largest absolute Gasteiger partial charge is 0.493 e. The number of aryl methyl sites for hydroxylation is 3. The van der Waals surface area contributed by atoms with E-state index in [0.29, 0.717) is 18.4 Å². The fraction of sp³-hybridized carbons (Fsp3) is 0.600. The minimum atomic E-state index is 0.0562. The van der Waals surface area contributed by atoms with Crippen molar-refractivity contribution in [2.75, 3.05) is 32.8 Å². The molecule has 2 aromatic rings. The fourth-order valence-electron chi connectivity index (χ4n) is 5.53. The van der Waals surface area contributed by atoms with Gasteiger partial charge in [-0.1, -0.05) is 6.07 Å². The number of piperidine rings is 1. The number of likely N-dealkylation sites (tertiary alicyclic amines) is 2. The van der Waals surface area contributed by atoms with Gasteiger partial charge in [0.05, 0.1) is 19.1 Å². The lowest BCUT2D eigenvalue weighted by Crippen LogP contribution is -2.48. The standard InChI is InChI=1S/C25H34N4O2/c1-27-12-9-26-24(27)17-28-15-19(13-22(16-28)25(30)29-10-2-3-11-29)18-31-23-8-7-20-5-4-6-21(20)14-23/h7-9,12,14,19,22H,2-6,10-11,13,15-18H2,1H3/t19-,22+/m0/s1. The molecule has 0 radical (unpaired) electrons. The molecule has 1 aliphatic carbocycles. The molecule has 1 aromatic heterocycles. The van der Waals surface area contributed by atoms with Crippen molar-refractivity contribution in [2.24, 2.45) is 18.9 Å². The molecule has 5 rings (SSSR count). The highest BCUT2D eigenvalue weighted by atomic mass is 16.5. The van der Waals surface area contributed by atoms with Crippen molar-refractivity contribution < 1.29 is 9.53 Å². The molecule has 3 heterocycles. The molecular weight excluding hydrogens is 388 g/mol. The van der Waals surface area contributed by atoms with Gasteiger partial charge in [-0.3, -0.25) is 9.69 Å². The first kappa shape index (κ1) is 20.6. The number of fused-ring (bicyclic) bond motifs is 1. The summed E-state index contributed by atoms with van der Waals surface area (Å²) in [6.07, 6.45) is 10.6. The number of hydrogen-bond acceptors (Lipinski definition) is 4. The van der Waals surface area contributed by atoms with Crippen LogP contribution in [0, 0.1) is 11.8 Å². The SMILES string of the molecule is Cn1ccnc1CN1C[C@@H](COc2ccc3c(c2)CCC3)C[C@@H](C(=O)N2CCCC2)C1. The molecule has 31 heavy (non-hydrogen) atoms. The molecule has 166 valence electrons. The summed E-state index contributed by atoms with van der Waals surface area (Å²) in [6.45, 7) is 5.05. The van der Waals surface area contributed by atoms with Crippen LogP contribution in [0.15, 0.2) is 30.6 Å². The van der Waals surface area contributed by atoms with Crippen LogP contribution in [0.3, 0.4) is 0 Å². The molecule has 6 heteroatoms. The monoisotopic (exact) mass is 422 g/mol. The lowest BCUT2D eigenvalue weighted by Gasteiger charge is -2.38. The molecule has 2 atom stereocenters. The van der Waals surface area contributed by atoms with Crippen molar-refractivity contribution in [1.29, 1.82) is 0 Å². The van der Waals surface area contributed by atoms with Gasteiger partial charge in [0.25, 0.3) is 0 Å². The second-order valence-electron chi connectivity index (χ2n) is 9.57. The molecule has 2 fully saturated rings. The highest BCUT2D eigenvalue weighted by Crippen LogP contribution is 2.29. The van der Waals surface area contributed by atoms with Crippen LogP contribution < -0.4 is 4.74 Å². The second kappa shape index (κ2) is 9.03. The summed E-state index contributed by atoms with van der Waals surface area (Å²) in [6, 6.07) is 6.57. The van der Waals surface area contributed by atoms with E-state index in [2.05, 4.69) is 37.5 Å². The number of carbonyl (C=O) groups is 1. The molecule has 0 spiro atoms. The molecular formula is C25H34N4O2. The molecule has 1 amide bonds. The van der Waals surface area contributed by atoms with Gasteiger partial charge in [-0.05, 0) is 61.8 Å². The molecule has 0 saturated carbocycles.